The van der Waals surface area contributed by atoms with Gasteiger partial charge in [-0.05, 0) is 54.7 Å². The summed E-state index contributed by atoms with van der Waals surface area (Å²) in [7, 11) is 0. The number of aliphatic imine (C=N–C) groups is 1. The monoisotopic (exact) mass is 367 g/mol. The Bertz CT molecular complexity index is 582. The minimum absolute atomic E-state index is 0. The number of rotatable bonds is 4. The predicted octanol–water partition coefficient (Wildman–Crippen LogP) is 3.39. The number of ether oxygens (including phenoxy) is 1. The Morgan fingerprint density at radius 2 is 1.68 bits per heavy atom. The van der Waals surface area contributed by atoms with Crippen molar-refractivity contribution in [3.05, 3.63) is 29.8 Å². The summed E-state index contributed by atoms with van der Waals surface area (Å²) >= 11 is 0. The molecular formula is C19H30ClN3O2. The van der Waals surface area contributed by atoms with E-state index in [1.54, 1.807) is 0 Å². The number of esters is 1. The quantitative estimate of drug-likeness (QED) is 0.369. The largest absolute Gasteiger partial charge is 0.426 e. The zero-order chi connectivity index (χ0) is 17.7. The van der Waals surface area contributed by atoms with Crippen molar-refractivity contribution < 1.29 is 9.53 Å². The van der Waals surface area contributed by atoms with Gasteiger partial charge in [-0.25, -0.2) is 0 Å². The lowest BCUT2D eigenvalue weighted by molar-refractivity contribution is -0.140. The minimum atomic E-state index is -0.126. The second-order valence-corrected chi connectivity index (χ2v) is 7.68. The van der Waals surface area contributed by atoms with E-state index in [-0.39, 0.29) is 35.7 Å². The third kappa shape index (κ3) is 6.58. The molecule has 0 aromatic heterocycles. The third-order valence-electron chi connectivity index (χ3n) is 4.65. The highest BCUT2D eigenvalue weighted by Crippen LogP contribution is 2.31. The number of nitrogens with two attached hydrogens (primary N) is 2. The van der Waals surface area contributed by atoms with Crippen molar-refractivity contribution in [1.82, 2.24) is 0 Å². The molecular weight excluding hydrogens is 338 g/mol. The van der Waals surface area contributed by atoms with E-state index in [1.165, 1.54) is 5.56 Å². The normalized spacial score (nSPS) is 20.3. The van der Waals surface area contributed by atoms with Crippen LogP contribution in [0.15, 0.2) is 29.3 Å². The Labute approximate surface area is 156 Å². The minimum Gasteiger partial charge on any atom is -0.426 e. The Balaban J connectivity index is 0.00000312. The Morgan fingerprint density at radius 3 is 2.16 bits per heavy atom. The van der Waals surface area contributed by atoms with Gasteiger partial charge in [0, 0.05) is 6.54 Å². The number of hydrogen-bond donors (Lipinski definition) is 2. The second kappa shape index (κ2) is 9.09. The number of carbonyl (C=O) groups excluding carboxylic acids is 1. The molecule has 1 aromatic rings. The van der Waals surface area contributed by atoms with Crippen LogP contribution in [0.1, 0.15) is 52.0 Å². The van der Waals surface area contributed by atoms with Crippen molar-refractivity contribution in [2.45, 2.75) is 51.9 Å². The fraction of sp³-hybridized carbons (Fsp3) is 0.579. The van der Waals surface area contributed by atoms with Gasteiger partial charge in [-0.1, -0.05) is 32.9 Å². The van der Waals surface area contributed by atoms with Gasteiger partial charge in [0.15, 0.2) is 5.96 Å². The number of benzene rings is 1. The van der Waals surface area contributed by atoms with Gasteiger partial charge in [-0.15, -0.1) is 12.4 Å². The molecule has 1 saturated carbocycles. The van der Waals surface area contributed by atoms with Crippen molar-refractivity contribution in [2.24, 2.45) is 28.3 Å². The first kappa shape index (κ1) is 21.3. The van der Waals surface area contributed by atoms with Gasteiger partial charge in [0.1, 0.15) is 5.75 Å². The van der Waals surface area contributed by atoms with Crippen LogP contribution in [0.3, 0.4) is 0 Å². The molecule has 1 aromatic carbocycles. The van der Waals surface area contributed by atoms with Gasteiger partial charge in [0.2, 0.25) is 0 Å². The van der Waals surface area contributed by atoms with Crippen molar-refractivity contribution in [2.75, 3.05) is 6.54 Å². The van der Waals surface area contributed by atoms with E-state index < -0.39 is 0 Å². The SMILES string of the molecule is CC(C)(C)c1ccc(OC(=O)C2CCC(CN=C(N)N)CC2)cc1.Cl. The molecule has 25 heavy (non-hydrogen) atoms. The van der Waals surface area contributed by atoms with Crippen LogP contribution >= 0.6 is 12.4 Å². The van der Waals surface area contributed by atoms with Gasteiger partial charge < -0.3 is 16.2 Å². The maximum Gasteiger partial charge on any atom is 0.314 e. The maximum absolute atomic E-state index is 12.3. The highest BCUT2D eigenvalue weighted by Gasteiger charge is 2.27. The summed E-state index contributed by atoms with van der Waals surface area (Å²) in [6, 6.07) is 7.80. The number of halogens is 1. The van der Waals surface area contributed by atoms with Crippen LogP contribution in [0.5, 0.6) is 5.75 Å². The Morgan fingerprint density at radius 1 is 1.12 bits per heavy atom. The van der Waals surface area contributed by atoms with Gasteiger partial charge in [0.25, 0.3) is 0 Å². The molecule has 0 heterocycles. The van der Waals surface area contributed by atoms with E-state index in [1.807, 2.05) is 24.3 Å². The Kier molecular flexibility index (Phi) is 7.74. The van der Waals surface area contributed by atoms with Crippen LogP contribution in [0.25, 0.3) is 0 Å². The van der Waals surface area contributed by atoms with Crippen molar-refractivity contribution in [3.8, 4) is 5.75 Å². The van der Waals surface area contributed by atoms with Crippen LogP contribution in [-0.4, -0.2) is 18.5 Å². The average Bonchev–Trinajstić information content (AvgIpc) is 2.53. The molecule has 0 saturated heterocycles. The van der Waals surface area contributed by atoms with E-state index in [2.05, 4.69) is 25.8 Å². The van der Waals surface area contributed by atoms with Gasteiger partial charge in [-0.2, -0.15) is 0 Å². The smallest absolute Gasteiger partial charge is 0.314 e. The lowest BCUT2D eigenvalue weighted by Gasteiger charge is -2.26. The number of carbonyl (C=O) groups is 1. The maximum atomic E-state index is 12.3. The van der Waals surface area contributed by atoms with Crippen molar-refractivity contribution >= 4 is 24.3 Å². The highest BCUT2D eigenvalue weighted by molar-refractivity contribution is 5.85. The molecule has 6 heteroatoms. The molecule has 0 unspecified atom stereocenters. The fourth-order valence-electron chi connectivity index (χ4n) is 3.04. The topological polar surface area (TPSA) is 90.7 Å². The van der Waals surface area contributed by atoms with Crippen LogP contribution in [0.4, 0.5) is 0 Å². The molecule has 5 nitrogen and oxygen atoms in total. The standard InChI is InChI=1S/C19H29N3O2.ClH/c1-19(2,3)15-8-10-16(11-9-15)24-17(23)14-6-4-13(5-7-14)12-22-18(20)21;/h8-11,13-14H,4-7,12H2,1-3H3,(H4,20,21,22);1H. The Hall–Kier alpha value is -1.75. The molecule has 0 spiro atoms. The molecule has 1 aliphatic rings. The van der Waals surface area contributed by atoms with Gasteiger partial charge >= 0.3 is 5.97 Å². The average molecular weight is 368 g/mol. The molecule has 0 bridgehead atoms. The highest BCUT2D eigenvalue weighted by atomic mass is 35.5. The van der Waals surface area contributed by atoms with Crippen LogP contribution in [0.2, 0.25) is 0 Å². The van der Waals surface area contributed by atoms with Crippen molar-refractivity contribution in [3.63, 3.8) is 0 Å². The molecule has 0 atom stereocenters. The summed E-state index contributed by atoms with van der Waals surface area (Å²) in [4.78, 5) is 16.4. The zero-order valence-electron chi connectivity index (χ0n) is 15.3. The molecule has 1 aliphatic carbocycles. The van der Waals surface area contributed by atoms with E-state index >= 15 is 0 Å². The summed E-state index contributed by atoms with van der Waals surface area (Å²) in [5.41, 5.74) is 12.0. The van der Waals surface area contributed by atoms with Gasteiger partial charge in [-0.3, -0.25) is 9.79 Å². The van der Waals surface area contributed by atoms with E-state index in [4.69, 9.17) is 16.2 Å². The summed E-state index contributed by atoms with van der Waals surface area (Å²) in [6.45, 7) is 7.14. The lowest BCUT2D eigenvalue weighted by atomic mass is 9.82. The molecule has 0 radical (unpaired) electrons. The number of guanidine groups is 1. The van der Waals surface area contributed by atoms with Crippen LogP contribution in [0, 0.1) is 11.8 Å². The van der Waals surface area contributed by atoms with Gasteiger partial charge in [0.05, 0.1) is 5.92 Å². The van der Waals surface area contributed by atoms with E-state index in [9.17, 15) is 4.79 Å². The number of hydrogen-bond acceptors (Lipinski definition) is 3. The molecule has 4 N–H and O–H groups in total. The number of nitrogens with zero attached hydrogens (tertiary/aromatic N) is 1. The zero-order valence-corrected chi connectivity index (χ0v) is 16.1. The molecule has 1 fully saturated rings. The molecule has 140 valence electrons. The van der Waals surface area contributed by atoms with Crippen LogP contribution < -0.4 is 16.2 Å². The first-order chi connectivity index (χ1) is 11.3. The molecule has 0 aliphatic heterocycles. The fourth-order valence-corrected chi connectivity index (χ4v) is 3.04. The van der Waals surface area contributed by atoms with E-state index in [0.717, 1.165) is 25.7 Å². The molecule has 2 rings (SSSR count). The summed E-state index contributed by atoms with van der Waals surface area (Å²) in [6.07, 6.45) is 3.59. The van der Waals surface area contributed by atoms with E-state index in [0.29, 0.717) is 18.2 Å². The first-order valence-corrected chi connectivity index (χ1v) is 8.63. The van der Waals surface area contributed by atoms with Crippen molar-refractivity contribution in [1.29, 1.82) is 0 Å². The first-order valence-electron chi connectivity index (χ1n) is 8.63. The van der Waals surface area contributed by atoms with Crippen LogP contribution in [-0.2, 0) is 10.2 Å². The lowest BCUT2D eigenvalue weighted by Crippen LogP contribution is -2.28. The summed E-state index contributed by atoms with van der Waals surface area (Å²) in [5, 5.41) is 0. The predicted molar refractivity (Wildman–Crippen MR) is 104 cm³/mol. The summed E-state index contributed by atoms with van der Waals surface area (Å²) in [5.74, 6) is 1.06. The second-order valence-electron chi connectivity index (χ2n) is 7.68. The third-order valence-corrected chi connectivity index (χ3v) is 4.65. The summed E-state index contributed by atoms with van der Waals surface area (Å²) < 4.78 is 5.55. The molecule has 0 amide bonds.